The van der Waals surface area contributed by atoms with Crippen LogP contribution in [0.3, 0.4) is 0 Å². The number of hydrogen-bond acceptors (Lipinski definition) is 6. The Morgan fingerprint density at radius 1 is 1.17 bits per heavy atom. The maximum absolute atomic E-state index is 13.4. The van der Waals surface area contributed by atoms with Crippen molar-refractivity contribution in [2.75, 3.05) is 4.90 Å². The summed E-state index contributed by atoms with van der Waals surface area (Å²) >= 11 is 8.97. The number of benzene rings is 1. The highest BCUT2D eigenvalue weighted by Crippen LogP contribution is 2.36. The number of carbonyl (C=O) groups excluding carboxylic acids is 2. The van der Waals surface area contributed by atoms with Crippen LogP contribution in [0.5, 0.6) is 0 Å². The summed E-state index contributed by atoms with van der Waals surface area (Å²) in [6.45, 7) is 0. The van der Waals surface area contributed by atoms with Gasteiger partial charge >= 0.3 is 0 Å². The molecule has 1 aliphatic rings. The van der Waals surface area contributed by atoms with Crippen LogP contribution in [0.15, 0.2) is 47.2 Å². The molecule has 9 heteroatoms. The van der Waals surface area contributed by atoms with E-state index in [2.05, 4.69) is 14.9 Å². The first-order valence-corrected chi connectivity index (χ1v) is 11.4. The molecule has 150 valence electrons. The van der Waals surface area contributed by atoms with E-state index in [4.69, 9.17) is 11.6 Å². The van der Waals surface area contributed by atoms with Gasteiger partial charge in [0.05, 0.1) is 10.7 Å². The maximum atomic E-state index is 13.4. The van der Waals surface area contributed by atoms with Gasteiger partial charge in [-0.1, -0.05) is 47.1 Å². The van der Waals surface area contributed by atoms with Gasteiger partial charge in [0.1, 0.15) is 0 Å². The molecule has 2 heterocycles. The first-order chi connectivity index (χ1) is 14.1. The van der Waals surface area contributed by atoms with E-state index in [9.17, 15) is 9.59 Å². The third kappa shape index (κ3) is 4.34. The highest BCUT2D eigenvalue weighted by Gasteiger charge is 2.37. The fourth-order valence-corrected chi connectivity index (χ4v) is 5.03. The normalized spacial score (nSPS) is 15.2. The molecular formula is C20H19ClN4O2S2. The van der Waals surface area contributed by atoms with Gasteiger partial charge in [-0.25, -0.2) is 0 Å². The van der Waals surface area contributed by atoms with E-state index in [-0.39, 0.29) is 17.6 Å². The van der Waals surface area contributed by atoms with Crippen LogP contribution in [0.2, 0.25) is 5.02 Å². The fourth-order valence-electron chi connectivity index (χ4n) is 3.56. The van der Waals surface area contributed by atoms with Gasteiger partial charge in [0.15, 0.2) is 11.7 Å². The third-order valence-corrected chi connectivity index (χ3v) is 6.68. The molecular weight excluding hydrogens is 428 g/mol. The summed E-state index contributed by atoms with van der Waals surface area (Å²) in [4.78, 5) is 29.1. The molecule has 0 spiro atoms. The van der Waals surface area contributed by atoms with Crippen LogP contribution >= 0.6 is 34.5 Å². The molecule has 0 radical (unpaired) electrons. The molecule has 6 nitrogen and oxygen atoms in total. The number of halogens is 1. The molecule has 0 saturated heterocycles. The van der Waals surface area contributed by atoms with Crippen LogP contribution in [-0.2, 0) is 4.79 Å². The molecule has 0 bridgehead atoms. The van der Waals surface area contributed by atoms with E-state index >= 15 is 0 Å². The Balaban J connectivity index is 1.78. The highest BCUT2D eigenvalue weighted by atomic mass is 35.5. The molecule has 1 aliphatic carbocycles. The molecule has 1 saturated carbocycles. The summed E-state index contributed by atoms with van der Waals surface area (Å²) in [5, 5.41) is 10.9. The number of nitrogens with one attached hydrogen (secondary N) is 1. The van der Waals surface area contributed by atoms with Crippen molar-refractivity contribution in [3.63, 3.8) is 0 Å². The summed E-state index contributed by atoms with van der Waals surface area (Å²) in [5.41, 5.74) is 0.650. The van der Waals surface area contributed by atoms with Crippen molar-refractivity contribution in [1.29, 1.82) is 0 Å². The van der Waals surface area contributed by atoms with Gasteiger partial charge < -0.3 is 5.32 Å². The van der Waals surface area contributed by atoms with Crippen molar-refractivity contribution in [2.24, 2.45) is 0 Å². The Kier molecular flexibility index (Phi) is 6.22. The number of para-hydroxylation sites is 1. The molecule has 29 heavy (non-hydrogen) atoms. The zero-order chi connectivity index (χ0) is 20.2. The van der Waals surface area contributed by atoms with Crippen LogP contribution in [0.4, 0.5) is 5.69 Å². The number of rotatable bonds is 6. The van der Waals surface area contributed by atoms with E-state index in [1.54, 1.807) is 29.6 Å². The van der Waals surface area contributed by atoms with Crippen molar-refractivity contribution in [1.82, 2.24) is 14.9 Å². The molecule has 0 aliphatic heterocycles. The number of carbonyl (C=O) groups is 2. The maximum Gasteiger partial charge on any atom is 0.280 e. The Hall–Kier alpha value is -2.29. The zero-order valence-corrected chi connectivity index (χ0v) is 17.8. The van der Waals surface area contributed by atoms with Crippen molar-refractivity contribution in [2.45, 2.75) is 37.8 Å². The summed E-state index contributed by atoms with van der Waals surface area (Å²) in [6.07, 6.45) is 4.12. The molecule has 2 amide bonds. The number of nitrogens with zero attached hydrogens (tertiary/aromatic N) is 3. The second-order valence-electron chi connectivity index (χ2n) is 6.82. The Morgan fingerprint density at radius 2 is 1.97 bits per heavy atom. The van der Waals surface area contributed by atoms with Crippen LogP contribution < -0.4 is 10.2 Å². The lowest BCUT2D eigenvalue weighted by Gasteiger charge is -2.31. The molecule has 1 fully saturated rings. The lowest BCUT2D eigenvalue weighted by atomic mass is 10.1. The topological polar surface area (TPSA) is 75.2 Å². The second kappa shape index (κ2) is 9.02. The summed E-state index contributed by atoms with van der Waals surface area (Å²) in [5.74, 6) is -0.623. The smallest absolute Gasteiger partial charge is 0.280 e. The van der Waals surface area contributed by atoms with Crippen LogP contribution in [0.1, 0.15) is 47.1 Å². The van der Waals surface area contributed by atoms with E-state index < -0.39 is 11.9 Å². The van der Waals surface area contributed by atoms with Gasteiger partial charge in [0, 0.05) is 16.3 Å². The summed E-state index contributed by atoms with van der Waals surface area (Å²) in [7, 11) is 0. The summed E-state index contributed by atoms with van der Waals surface area (Å²) in [6, 6.07) is 10.0. The van der Waals surface area contributed by atoms with Crippen LogP contribution in [0, 0.1) is 0 Å². The van der Waals surface area contributed by atoms with E-state index in [1.807, 2.05) is 17.5 Å². The van der Waals surface area contributed by atoms with Crippen LogP contribution in [0.25, 0.3) is 0 Å². The first kappa shape index (κ1) is 20.0. The molecule has 1 N–H and O–H groups in total. The minimum Gasteiger partial charge on any atom is -0.351 e. The number of amides is 2. The molecule has 1 atom stereocenters. The van der Waals surface area contributed by atoms with Crippen molar-refractivity contribution in [3.8, 4) is 0 Å². The molecule has 1 unspecified atom stereocenters. The molecule has 4 rings (SSSR count). The lowest BCUT2D eigenvalue weighted by molar-refractivity contribution is -0.123. The van der Waals surface area contributed by atoms with Crippen molar-refractivity contribution >= 4 is 52.0 Å². The first-order valence-electron chi connectivity index (χ1n) is 9.34. The highest BCUT2D eigenvalue weighted by molar-refractivity contribution is 7.10. The molecule has 1 aromatic carbocycles. The van der Waals surface area contributed by atoms with Gasteiger partial charge in [-0.3, -0.25) is 14.5 Å². The minimum atomic E-state index is -0.843. The molecule has 2 aromatic heterocycles. The zero-order valence-electron chi connectivity index (χ0n) is 15.5. The van der Waals surface area contributed by atoms with E-state index in [0.717, 1.165) is 42.1 Å². The average Bonchev–Trinajstić information content (AvgIpc) is 3.49. The minimum absolute atomic E-state index is 0.133. The fraction of sp³-hybridized carbons (Fsp3) is 0.300. The Labute approximate surface area is 181 Å². The van der Waals surface area contributed by atoms with Gasteiger partial charge in [-0.05, 0) is 48.0 Å². The standard InChI is InChI=1S/C20H19ClN4O2S2/c21-14-8-3-4-9-16(14)25(20(27)15-12-29-24-23-15)18(17-10-5-11-28-17)19(26)22-13-6-1-2-7-13/h3-5,8-13,18H,1-2,6-7H2,(H,22,26). The van der Waals surface area contributed by atoms with Gasteiger partial charge in [0.2, 0.25) is 5.91 Å². The van der Waals surface area contributed by atoms with Crippen molar-refractivity contribution in [3.05, 3.63) is 62.8 Å². The second-order valence-corrected chi connectivity index (χ2v) is 8.82. The predicted molar refractivity (Wildman–Crippen MR) is 116 cm³/mol. The SMILES string of the molecule is O=C(NC1CCCC1)C(c1cccs1)N(C(=O)c1csnn1)c1ccccc1Cl. The van der Waals surface area contributed by atoms with Gasteiger partial charge in [-0.15, -0.1) is 16.4 Å². The number of aromatic nitrogens is 2. The van der Waals surface area contributed by atoms with Crippen LogP contribution in [-0.4, -0.2) is 27.4 Å². The third-order valence-electron chi connectivity index (χ3n) is 4.93. The Bertz CT molecular complexity index is 972. The number of hydrogen-bond donors (Lipinski definition) is 1. The molecule has 3 aromatic rings. The van der Waals surface area contributed by atoms with E-state index in [1.165, 1.54) is 16.2 Å². The average molecular weight is 447 g/mol. The summed E-state index contributed by atoms with van der Waals surface area (Å²) < 4.78 is 3.81. The monoisotopic (exact) mass is 446 g/mol. The van der Waals surface area contributed by atoms with Gasteiger partial charge in [0.25, 0.3) is 5.91 Å². The van der Waals surface area contributed by atoms with E-state index in [0.29, 0.717) is 10.7 Å². The number of thiophene rings is 1. The Morgan fingerprint density at radius 3 is 2.62 bits per heavy atom. The number of anilines is 1. The predicted octanol–water partition coefficient (Wildman–Crippen LogP) is 4.70. The lowest BCUT2D eigenvalue weighted by Crippen LogP contribution is -2.46. The van der Waals surface area contributed by atoms with Crippen molar-refractivity contribution < 1.29 is 9.59 Å². The largest absolute Gasteiger partial charge is 0.351 e. The van der Waals surface area contributed by atoms with Gasteiger partial charge in [-0.2, -0.15) is 0 Å². The quantitative estimate of drug-likeness (QED) is 0.595.